The molecule has 0 aliphatic carbocycles. The van der Waals surface area contributed by atoms with Gasteiger partial charge in [0.1, 0.15) is 0 Å². The Bertz CT molecular complexity index is 699. The Balaban J connectivity index is 2.34. The number of carbonyl (C=O) groups is 1. The van der Waals surface area contributed by atoms with Gasteiger partial charge in [-0.1, -0.05) is 78.7 Å². The van der Waals surface area contributed by atoms with Crippen molar-refractivity contribution in [2.24, 2.45) is 0 Å². The van der Waals surface area contributed by atoms with Crippen LogP contribution in [0.1, 0.15) is 12.0 Å². The Kier molecular flexibility index (Phi) is 5.78. The number of carbonyl (C=O) groups excluding carboxylic acids is 1. The van der Waals surface area contributed by atoms with Gasteiger partial charge in [0, 0.05) is 24.6 Å². The lowest BCUT2D eigenvalue weighted by atomic mass is 10.2. The summed E-state index contributed by atoms with van der Waals surface area (Å²) >= 11 is 0. The van der Waals surface area contributed by atoms with Gasteiger partial charge in [-0.05, 0) is 12.1 Å². The molecule has 0 saturated carbocycles. The lowest BCUT2D eigenvalue weighted by Crippen LogP contribution is -2.46. The number of rotatable bonds is 4. The van der Waals surface area contributed by atoms with E-state index in [4.69, 9.17) is 0 Å². The summed E-state index contributed by atoms with van der Waals surface area (Å²) in [7, 11) is -0.195. The molecule has 0 radical (unpaired) electrons. The topological polar surface area (TPSA) is 29.1 Å². The molecule has 0 heterocycles. The van der Waals surface area contributed by atoms with Crippen molar-refractivity contribution in [1.29, 1.82) is 0 Å². The summed E-state index contributed by atoms with van der Waals surface area (Å²) in [5, 5.41) is 4.06. The molecule has 0 spiro atoms. The molecule has 2 aromatic rings. The number of hydrogen-bond donors (Lipinski definition) is 1. The molecule has 1 N–H and O–H groups in total. The summed E-state index contributed by atoms with van der Waals surface area (Å²) in [5.74, 6) is 6.70. The van der Waals surface area contributed by atoms with Crippen molar-refractivity contribution in [3.63, 3.8) is 0 Å². The summed E-state index contributed by atoms with van der Waals surface area (Å²) < 4.78 is 0. The molecule has 0 aliphatic heterocycles. The van der Waals surface area contributed by atoms with Crippen LogP contribution in [0.5, 0.6) is 0 Å². The van der Waals surface area contributed by atoms with Crippen LogP contribution in [0.15, 0.2) is 60.7 Å². The second kappa shape index (κ2) is 7.80. The zero-order valence-corrected chi connectivity index (χ0v) is 15.0. The maximum Gasteiger partial charge on any atom is 0.220 e. The zero-order chi connectivity index (χ0) is 16.7. The predicted molar refractivity (Wildman–Crippen MR) is 99.3 cm³/mol. The average molecular weight is 321 g/mol. The van der Waals surface area contributed by atoms with E-state index >= 15 is 0 Å². The highest BCUT2D eigenvalue weighted by Crippen LogP contribution is 2.25. The molecule has 0 fully saturated rings. The Morgan fingerprint density at radius 1 is 1.04 bits per heavy atom. The largest absolute Gasteiger partial charge is 0.359 e. The molecule has 2 nitrogen and oxygen atoms in total. The molecule has 0 saturated heterocycles. The Hall–Kier alpha value is -2.31. The number of benzene rings is 2. The van der Waals surface area contributed by atoms with E-state index < -0.39 is 8.07 Å². The van der Waals surface area contributed by atoms with Crippen LogP contribution in [0, 0.1) is 11.8 Å². The molecule has 1 atom stereocenters. The highest BCUT2D eigenvalue weighted by molar-refractivity contribution is 6.91. The molecule has 0 bridgehead atoms. The van der Waals surface area contributed by atoms with Crippen LogP contribution in [0.2, 0.25) is 18.6 Å². The molecule has 2 aromatic carbocycles. The first-order valence-corrected chi connectivity index (χ1v) is 10.9. The van der Waals surface area contributed by atoms with Crippen LogP contribution in [0.25, 0.3) is 0 Å². The van der Waals surface area contributed by atoms with Crippen molar-refractivity contribution in [1.82, 2.24) is 5.32 Å². The van der Waals surface area contributed by atoms with Crippen LogP contribution in [-0.2, 0) is 4.79 Å². The second-order valence-corrected chi connectivity index (χ2v) is 10.9. The van der Waals surface area contributed by atoms with Gasteiger partial charge in [0.05, 0.1) is 8.07 Å². The third-order valence-electron chi connectivity index (χ3n) is 4.22. The standard InChI is InChI=1S/C20H23NOSi/c1-21-20(22)16-19(15-14-17-10-6-4-7-11-17)23(2,3)18-12-8-5-9-13-18/h4-13,19H,16H2,1-3H3,(H,21,22)/t19-/m0/s1. The second-order valence-electron chi connectivity index (χ2n) is 6.15. The van der Waals surface area contributed by atoms with Crippen molar-refractivity contribution >= 4 is 19.2 Å². The molecular weight excluding hydrogens is 298 g/mol. The molecular formula is C20H23NOSi. The molecule has 1 amide bonds. The van der Waals surface area contributed by atoms with Crippen molar-refractivity contribution < 1.29 is 4.79 Å². The van der Waals surface area contributed by atoms with Gasteiger partial charge in [0.15, 0.2) is 0 Å². The van der Waals surface area contributed by atoms with E-state index in [1.54, 1.807) is 7.05 Å². The van der Waals surface area contributed by atoms with E-state index in [9.17, 15) is 4.79 Å². The van der Waals surface area contributed by atoms with Gasteiger partial charge in [-0.25, -0.2) is 0 Å². The monoisotopic (exact) mass is 321 g/mol. The summed E-state index contributed by atoms with van der Waals surface area (Å²) in [6.45, 7) is 4.57. The van der Waals surface area contributed by atoms with E-state index in [2.05, 4.69) is 54.5 Å². The minimum Gasteiger partial charge on any atom is -0.359 e. The summed E-state index contributed by atoms with van der Waals surface area (Å²) in [6, 6.07) is 20.4. The lowest BCUT2D eigenvalue weighted by Gasteiger charge is -2.29. The molecule has 2 rings (SSSR count). The van der Waals surface area contributed by atoms with Crippen LogP contribution in [-0.4, -0.2) is 21.0 Å². The van der Waals surface area contributed by atoms with Crippen molar-refractivity contribution in [2.75, 3.05) is 7.05 Å². The van der Waals surface area contributed by atoms with Crippen LogP contribution in [0.3, 0.4) is 0 Å². The number of nitrogens with one attached hydrogen (secondary N) is 1. The fraction of sp³-hybridized carbons (Fsp3) is 0.250. The first-order chi connectivity index (χ1) is 11.0. The van der Waals surface area contributed by atoms with E-state index in [1.165, 1.54) is 5.19 Å². The minimum atomic E-state index is -1.88. The SMILES string of the molecule is CNC(=O)C[C@H](C#Cc1ccccc1)[Si](C)(C)c1ccccc1. The summed E-state index contributed by atoms with van der Waals surface area (Å²) in [5.41, 5.74) is 1.07. The molecule has 23 heavy (non-hydrogen) atoms. The molecule has 0 aliphatic rings. The normalized spacial score (nSPS) is 12.0. The average Bonchev–Trinajstić information content (AvgIpc) is 2.59. The van der Waals surface area contributed by atoms with Crippen LogP contribution >= 0.6 is 0 Å². The first-order valence-electron chi connectivity index (χ1n) is 7.86. The number of hydrogen-bond acceptors (Lipinski definition) is 1. The van der Waals surface area contributed by atoms with E-state index in [-0.39, 0.29) is 11.4 Å². The Morgan fingerprint density at radius 3 is 2.17 bits per heavy atom. The Labute approximate surface area is 139 Å². The van der Waals surface area contributed by atoms with E-state index in [0.717, 1.165) is 5.56 Å². The van der Waals surface area contributed by atoms with Gasteiger partial charge in [-0.15, -0.1) is 0 Å². The molecule has 0 aromatic heterocycles. The summed E-state index contributed by atoms with van der Waals surface area (Å²) in [6.07, 6.45) is 0.449. The van der Waals surface area contributed by atoms with Gasteiger partial charge in [-0.2, -0.15) is 0 Å². The van der Waals surface area contributed by atoms with Crippen LogP contribution in [0.4, 0.5) is 0 Å². The maximum absolute atomic E-state index is 12.0. The number of amides is 1. The maximum atomic E-state index is 12.0. The highest BCUT2D eigenvalue weighted by atomic mass is 28.3. The van der Waals surface area contributed by atoms with E-state index in [0.29, 0.717) is 6.42 Å². The quantitative estimate of drug-likeness (QED) is 0.680. The molecule has 0 unspecified atom stereocenters. The zero-order valence-electron chi connectivity index (χ0n) is 14.0. The Morgan fingerprint density at radius 2 is 1.61 bits per heavy atom. The van der Waals surface area contributed by atoms with Crippen molar-refractivity contribution in [3.05, 3.63) is 66.2 Å². The lowest BCUT2D eigenvalue weighted by molar-refractivity contribution is -0.120. The van der Waals surface area contributed by atoms with Gasteiger partial charge in [0.25, 0.3) is 0 Å². The fourth-order valence-corrected chi connectivity index (χ4v) is 5.12. The smallest absolute Gasteiger partial charge is 0.220 e. The van der Waals surface area contributed by atoms with Gasteiger partial charge < -0.3 is 5.32 Å². The van der Waals surface area contributed by atoms with E-state index in [1.807, 2.05) is 36.4 Å². The van der Waals surface area contributed by atoms with Crippen molar-refractivity contribution in [2.45, 2.75) is 25.1 Å². The molecule has 3 heteroatoms. The minimum absolute atomic E-state index is 0.0499. The van der Waals surface area contributed by atoms with Gasteiger partial charge >= 0.3 is 0 Å². The fourth-order valence-electron chi connectivity index (χ4n) is 2.53. The highest BCUT2D eigenvalue weighted by Gasteiger charge is 2.33. The summed E-state index contributed by atoms with van der Waals surface area (Å²) in [4.78, 5) is 12.0. The van der Waals surface area contributed by atoms with Crippen LogP contribution < -0.4 is 10.5 Å². The van der Waals surface area contributed by atoms with Crippen molar-refractivity contribution in [3.8, 4) is 11.8 Å². The van der Waals surface area contributed by atoms with Gasteiger partial charge in [-0.3, -0.25) is 4.79 Å². The molecule has 118 valence electrons. The third-order valence-corrected chi connectivity index (χ3v) is 8.13. The third kappa shape index (κ3) is 4.58. The predicted octanol–water partition coefficient (Wildman–Crippen LogP) is 3.16. The van der Waals surface area contributed by atoms with Gasteiger partial charge in [0.2, 0.25) is 5.91 Å². The first kappa shape index (κ1) is 17.0.